The molecule has 0 heterocycles. The summed E-state index contributed by atoms with van der Waals surface area (Å²) >= 11 is -3.29. The Morgan fingerprint density at radius 1 is 1.50 bits per heavy atom. The van der Waals surface area contributed by atoms with Gasteiger partial charge in [0.25, 0.3) is 0 Å². The van der Waals surface area contributed by atoms with Crippen molar-refractivity contribution in [3.63, 3.8) is 0 Å². The maximum atomic E-state index is 8.76. The molecular formula is H2O3Se. The van der Waals surface area contributed by atoms with Crippen molar-refractivity contribution in [2.24, 2.45) is 0 Å². The fraction of sp³-hybridized carbons (Fsp3) is 0. The zero-order valence-corrected chi connectivity index (χ0v) is 3.42. The Labute approximate surface area is 27.6 Å². The monoisotopic (exact) mass is 130 g/mol. The third kappa shape index (κ3) is 60.0. The summed E-state index contributed by atoms with van der Waals surface area (Å²) in [6, 6.07) is 0. The Morgan fingerprint density at radius 2 is 1.50 bits per heavy atom. The summed E-state index contributed by atoms with van der Waals surface area (Å²) in [6.45, 7) is 0. The first-order chi connectivity index (χ1) is 1.73. The van der Waals surface area contributed by atoms with Crippen LogP contribution in [0.15, 0.2) is 0 Å². The predicted molar refractivity (Wildman–Crippen MR) is 10.9 cm³/mol. The van der Waals surface area contributed by atoms with E-state index < -0.39 is 14.5 Å². The van der Waals surface area contributed by atoms with Crippen LogP contribution in [0, 0.1) is 0 Å². The van der Waals surface area contributed by atoms with Crippen LogP contribution in [-0.2, 0) is 3.83 Å². The summed E-state index contributed by atoms with van der Waals surface area (Å²) in [7, 11) is 0. The SMILES string of the molecule is O=[Se](O)O. The molecule has 0 aliphatic heterocycles. The van der Waals surface area contributed by atoms with Crippen LogP contribution in [0.4, 0.5) is 0 Å². The van der Waals surface area contributed by atoms with E-state index in [1.807, 2.05) is 0 Å². The van der Waals surface area contributed by atoms with Gasteiger partial charge in [0.15, 0.2) is 0 Å². The summed E-state index contributed by atoms with van der Waals surface area (Å²) in [5, 5.41) is 0. The van der Waals surface area contributed by atoms with Crippen LogP contribution >= 0.6 is 0 Å². The Hall–Kier alpha value is 0.239. The van der Waals surface area contributed by atoms with Gasteiger partial charge in [0, 0.05) is 0 Å². The summed E-state index contributed by atoms with van der Waals surface area (Å²) in [5.41, 5.74) is 0. The first-order valence-electron chi connectivity index (χ1n) is 0.532. The minimum atomic E-state index is -3.29. The molecule has 3 nitrogen and oxygen atoms in total. The van der Waals surface area contributed by atoms with Crippen molar-refractivity contribution in [2.45, 2.75) is 0 Å². The van der Waals surface area contributed by atoms with Crippen LogP contribution in [0.1, 0.15) is 0 Å². The standard InChI is InChI=1S/H2O3Se/c1-4(2)3/h(H2,1,2,3). The quantitative estimate of drug-likeness (QED) is 0.386. The van der Waals surface area contributed by atoms with Gasteiger partial charge < -0.3 is 0 Å². The van der Waals surface area contributed by atoms with Crippen molar-refractivity contribution >= 4 is 14.5 Å². The van der Waals surface area contributed by atoms with E-state index in [9.17, 15) is 0 Å². The molecule has 4 heavy (non-hydrogen) atoms. The second kappa shape index (κ2) is 1.55. The molecule has 2 N–H and O–H groups in total. The molecule has 0 aromatic heterocycles. The molecule has 0 radical (unpaired) electrons. The Balaban J connectivity index is 2.80. The third-order valence-corrected chi connectivity index (χ3v) is 0. The van der Waals surface area contributed by atoms with E-state index in [0.717, 1.165) is 0 Å². The van der Waals surface area contributed by atoms with Gasteiger partial charge in [0.2, 0.25) is 0 Å². The number of hydrogen-bond acceptors (Lipinski definition) is 1. The molecule has 0 aromatic rings. The van der Waals surface area contributed by atoms with E-state index in [1.54, 1.807) is 0 Å². The average Bonchev–Trinajstić information content (AvgIpc) is 0.811. The van der Waals surface area contributed by atoms with Crippen molar-refractivity contribution in [1.82, 2.24) is 0 Å². The van der Waals surface area contributed by atoms with Gasteiger partial charge in [0.1, 0.15) is 0 Å². The van der Waals surface area contributed by atoms with Crippen LogP contribution in [0.2, 0.25) is 0 Å². The van der Waals surface area contributed by atoms with Gasteiger partial charge >= 0.3 is 26.7 Å². The average molecular weight is 129 g/mol. The number of hydrogen-bond donors (Lipinski definition) is 2. The van der Waals surface area contributed by atoms with Crippen molar-refractivity contribution in [2.75, 3.05) is 0 Å². The van der Waals surface area contributed by atoms with E-state index in [-0.39, 0.29) is 0 Å². The molecule has 0 saturated heterocycles. The van der Waals surface area contributed by atoms with Gasteiger partial charge in [-0.05, 0) is 0 Å². The van der Waals surface area contributed by atoms with Crippen LogP contribution in [-0.4, -0.2) is 22.9 Å². The molecule has 0 spiro atoms. The Kier molecular flexibility index (Phi) is 1.64. The van der Waals surface area contributed by atoms with Crippen LogP contribution < -0.4 is 0 Å². The second-order valence-corrected chi connectivity index (χ2v) is 1.20. The van der Waals surface area contributed by atoms with Crippen molar-refractivity contribution in [3.8, 4) is 0 Å². The normalized spacial score (nSPS) is 8.75. The van der Waals surface area contributed by atoms with E-state index in [4.69, 9.17) is 12.2 Å². The zero-order valence-electron chi connectivity index (χ0n) is 1.71. The molecule has 0 amide bonds. The fourth-order valence-corrected chi connectivity index (χ4v) is 0. The minimum absolute atomic E-state index is 3.29. The maximum absolute atomic E-state index is 8.76. The molecule has 4 heteroatoms. The van der Waals surface area contributed by atoms with Gasteiger partial charge in [-0.25, -0.2) is 0 Å². The van der Waals surface area contributed by atoms with Crippen LogP contribution in [0.5, 0.6) is 0 Å². The molecule has 0 aliphatic rings. The van der Waals surface area contributed by atoms with E-state index in [0.29, 0.717) is 0 Å². The second-order valence-electron chi connectivity index (χ2n) is 0.231. The van der Waals surface area contributed by atoms with Crippen molar-refractivity contribution in [1.29, 1.82) is 0 Å². The van der Waals surface area contributed by atoms with Gasteiger partial charge in [-0.1, -0.05) is 0 Å². The van der Waals surface area contributed by atoms with E-state index in [1.165, 1.54) is 0 Å². The Bertz CT molecular complexity index is 26.3. The van der Waals surface area contributed by atoms with Crippen LogP contribution in [0.25, 0.3) is 0 Å². The molecule has 0 bridgehead atoms. The summed E-state index contributed by atoms with van der Waals surface area (Å²) in [6.07, 6.45) is 0. The summed E-state index contributed by atoms with van der Waals surface area (Å²) < 4.78 is 23.1. The summed E-state index contributed by atoms with van der Waals surface area (Å²) in [5.74, 6) is 0. The van der Waals surface area contributed by atoms with Gasteiger partial charge in [0.05, 0.1) is 0 Å². The first-order valence-corrected chi connectivity index (χ1v) is 2.76. The Morgan fingerprint density at radius 3 is 1.50 bits per heavy atom. The first kappa shape index (κ1) is 4.24. The molecule has 0 aliphatic carbocycles. The molecule has 0 fully saturated rings. The molecule has 0 aromatic carbocycles. The van der Waals surface area contributed by atoms with Gasteiger partial charge in [-0.3, -0.25) is 0 Å². The third-order valence-electron chi connectivity index (χ3n) is 0. The molecule has 26 valence electrons. The summed E-state index contributed by atoms with van der Waals surface area (Å²) in [4.78, 5) is 0. The van der Waals surface area contributed by atoms with E-state index in [2.05, 4.69) is 0 Å². The van der Waals surface area contributed by atoms with E-state index >= 15 is 0 Å². The molecule has 0 rings (SSSR count). The fourth-order valence-electron chi connectivity index (χ4n) is 0. The number of rotatable bonds is 0. The molecular weight excluding hydrogens is 127 g/mol. The molecule has 0 atom stereocenters. The zero-order chi connectivity index (χ0) is 3.58. The van der Waals surface area contributed by atoms with Crippen molar-refractivity contribution in [3.05, 3.63) is 0 Å². The van der Waals surface area contributed by atoms with Crippen LogP contribution in [0.3, 0.4) is 0 Å². The van der Waals surface area contributed by atoms with Gasteiger partial charge in [-0.2, -0.15) is 0 Å². The predicted octanol–water partition coefficient (Wildman–Crippen LogP) is -1.61. The van der Waals surface area contributed by atoms with Gasteiger partial charge in [-0.15, -0.1) is 0 Å². The topological polar surface area (TPSA) is 57.5 Å². The van der Waals surface area contributed by atoms with Crippen molar-refractivity contribution < 1.29 is 12.2 Å². The molecule has 0 saturated carbocycles. The molecule has 0 unspecified atom stereocenters.